The first kappa shape index (κ1) is 26.8. The Labute approximate surface area is 206 Å². The normalized spacial score (nSPS) is 11.8. The van der Waals surface area contributed by atoms with E-state index in [2.05, 4.69) is 5.32 Å². The fraction of sp³-hybridized carbons (Fsp3) is 0.440. The van der Waals surface area contributed by atoms with Gasteiger partial charge in [-0.1, -0.05) is 42.3 Å². The van der Waals surface area contributed by atoms with Crippen LogP contribution in [0.3, 0.4) is 0 Å². The minimum atomic E-state index is -0.641. The smallest absolute Gasteiger partial charge is 0.243 e. The maximum atomic E-state index is 13.4. The molecule has 180 valence electrons. The van der Waals surface area contributed by atoms with E-state index in [1.807, 2.05) is 39.0 Å². The van der Waals surface area contributed by atoms with Gasteiger partial charge in [0.15, 0.2) is 11.5 Å². The van der Waals surface area contributed by atoms with Gasteiger partial charge in [-0.25, -0.2) is 0 Å². The summed E-state index contributed by atoms with van der Waals surface area (Å²) in [6.07, 6.45) is 1.15. The molecule has 0 aliphatic rings. The second-order valence-corrected chi connectivity index (χ2v) is 8.81. The number of hydrogen-bond donors (Lipinski definition) is 1. The molecule has 0 bridgehead atoms. The maximum Gasteiger partial charge on any atom is 0.243 e. The lowest BCUT2D eigenvalue weighted by Gasteiger charge is -2.32. The van der Waals surface area contributed by atoms with Crippen molar-refractivity contribution in [3.63, 3.8) is 0 Å². The third-order valence-corrected chi connectivity index (χ3v) is 5.99. The molecule has 0 saturated heterocycles. The first-order chi connectivity index (χ1) is 15.7. The highest BCUT2D eigenvalue weighted by molar-refractivity contribution is 6.36. The number of carbonyl (C=O) groups is 2. The number of aryl methyl sites for hydroxylation is 1. The van der Waals surface area contributed by atoms with Gasteiger partial charge in [-0.05, 0) is 56.5 Å². The Balaban J connectivity index is 2.29. The third kappa shape index (κ3) is 7.27. The summed E-state index contributed by atoms with van der Waals surface area (Å²) >= 11 is 12.8. The fourth-order valence-electron chi connectivity index (χ4n) is 3.58. The zero-order valence-electron chi connectivity index (χ0n) is 19.8. The van der Waals surface area contributed by atoms with Crippen molar-refractivity contribution >= 4 is 35.0 Å². The van der Waals surface area contributed by atoms with Crippen molar-refractivity contribution in [1.29, 1.82) is 0 Å². The highest BCUT2D eigenvalue weighted by Crippen LogP contribution is 2.29. The minimum absolute atomic E-state index is 0.0424. The van der Waals surface area contributed by atoms with Gasteiger partial charge in [-0.3, -0.25) is 9.59 Å². The van der Waals surface area contributed by atoms with Crippen molar-refractivity contribution in [3.05, 3.63) is 57.6 Å². The number of carbonyl (C=O) groups excluding carboxylic acids is 2. The molecule has 8 heteroatoms. The number of rotatable bonds is 11. The second kappa shape index (κ2) is 12.7. The van der Waals surface area contributed by atoms with Crippen LogP contribution in [0.5, 0.6) is 11.5 Å². The average Bonchev–Trinajstić information content (AvgIpc) is 2.78. The quantitative estimate of drug-likeness (QED) is 0.461. The van der Waals surface area contributed by atoms with E-state index in [9.17, 15) is 9.59 Å². The largest absolute Gasteiger partial charge is 0.493 e. The standard InChI is InChI=1S/C25H32Cl2N2O4/c1-6-21(25(31)28-16(2)3)29(15-18-19(26)8-7-9-20(18)27)24(30)13-11-17-10-12-22(32-4)23(14-17)33-5/h7-10,12,14,16,21H,6,11,13,15H2,1-5H3,(H,28,31)/t21-/m0/s1. The molecule has 0 fully saturated rings. The van der Waals surface area contributed by atoms with Gasteiger partial charge in [0.1, 0.15) is 6.04 Å². The molecule has 0 aliphatic heterocycles. The van der Waals surface area contributed by atoms with Crippen LogP contribution in [0.1, 0.15) is 44.7 Å². The fourth-order valence-corrected chi connectivity index (χ4v) is 4.10. The van der Waals surface area contributed by atoms with E-state index < -0.39 is 6.04 Å². The number of halogens is 2. The monoisotopic (exact) mass is 494 g/mol. The van der Waals surface area contributed by atoms with Gasteiger partial charge in [0.25, 0.3) is 0 Å². The lowest BCUT2D eigenvalue weighted by molar-refractivity contribution is -0.141. The van der Waals surface area contributed by atoms with E-state index in [4.69, 9.17) is 32.7 Å². The van der Waals surface area contributed by atoms with Gasteiger partial charge in [-0.15, -0.1) is 0 Å². The molecule has 0 saturated carbocycles. The zero-order chi connectivity index (χ0) is 24.5. The van der Waals surface area contributed by atoms with Crippen molar-refractivity contribution in [2.75, 3.05) is 14.2 Å². The Kier molecular flexibility index (Phi) is 10.3. The number of hydrogen-bond acceptors (Lipinski definition) is 4. The first-order valence-electron chi connectivity index (χ1n) is 10.9. The van der Waals surface area contributed by atoms with Gasteiger partial charge >= 0.3 is 0 Å². The topological polar surface area (TPSA) is 67.9 Å². The van der Waals surface area contributed by atoms with Crippen LogP contribution in [0, 0.1) is 0 Å². The summed E-state index contributed by atoms with van der Waals surface area (Å²) in [7, 11) is 3.15. The number of nitrogens with zero attached hydrogens (tertiary/aromatic N) is 1. The predicted molar refractivity (Wildman–Crippen MR) is 132 cm³/mol. The van der Waals surface area contributed by atoms with Crippen LogP contribution < -0.4 is 14.8 Å². The van der Waals surface area contributed by atoms with Crippen LogP contribution in [0.25, 0.3) is 0 Å². The van der Waals surface area contributed by atoms with E-state index in [0.29, 0.717) is 39.9 Å². The number of ether oxygens (including phenoxy) is 2. The van der Waals surface area contributed by atoms with E-state index in [1.54, 1.807) is 37.3 Å². The Bertz CT molecular complexity index is 945. The molecule has 2 amide bonds. The summed E-state index contributed by atoms with van der Waals surface area (Å²) in [4.78, 5) is 27.9. The van der Waals surface area contributed by atoms with Gasteiger partial charge in [0, 0.05) is 34.6 Å². The number of methoxy groups -OCH3 is 2. The number of amides is 2. The van der Waals surface area contributed by atoms with E-state index in [0.717, 1.165) is 5.56 Å². The molecular formula is C25H32Cl2N2O4. The maximum absolute atomic E-state index is 13.4. The Morgan fingerprint density at radius 1 is 1.03 bits per heavy atom. The van der Waals surface area contributed by atoms with Gasteiger partial charge in [0.05, 0.1) is 14.2 Å². The molecule has 1 atom stereocenters. The second-order valence-electron chi connectivity index (χ2n) is 8.00. The highest BCUT2D eigenvalue weighted by atomic mass is 35.5. The van der Waals surface area contributed by atoms with Crippen molar-refractivity contribution in [2.45, 2.75) is 58.7 Å². The van der Waals surface area contributed by atoms with Crippen molar-refractivity contribution in [3.8, 4) is 11.5 Å². The Morgan fingerprint density at radius 2 is 1.67 bits per heavy atom. The summed E-state index contributed by atoms with van der Waals surface area (Å²) in [6.45, 7) is 5.80. The highest BCUT2D eigenvalue weighted by Gasteiger charge is 2.29. The van der Waals surface area contributed by atoms with Crippen molar-refractivity contribution in [1.82, 2.24) is 10.2 Å². The summed E-state index contributed by atoms with van der Waals surface area (Å²) in [5.74, 6) is 0.866. The van der Waals surface area contributed by atoms with Crippen molar-refractivity contribution in [2.24, 2.45) is 0 Å². The average molecular weight is 495 g/mol. The molecule has 0 spiro atoms. The number of nitrogens with one attached hydrogen (secondary N) is 1. The van der Waals surface area contributed by atoms with Gasteiger partial charge in [-0.2, -0.15) is 0 Å². The van der Waals surface area contributed by atoms with Gasteiger partial charge < -0.3 is 19.7 Å². The molecule has 2 aromatic rings. The summed E-state index contributed by atoms with van der Waals surface area (Å²) < 4.78 is 10.6. The first-order valence-corrected chi connectivity index (χ1v) is 11.7. The Morgan fingerprint density at radius 3 is 2.21 bits per heavy atom. The SMILES string of the molecule is CC[C@@H](C(=O)NC(C)C)N(Cc1c(Cl)cccc1Cl)C(=O)CCc1ccc(OC)c(OC)c1. The third-order valence-electron chi connectivity index (χ3n) is 5.28. The van der Waals surface area contributed by atoms with Crippen molar-refractivity contribution < 1.29 is 19.1 Å². The minimum Gasteiger partial charge on any atom is -0.493 e. The Hall–Kier alpha value is -2.44. The molecule has 1 N–H and O–H groups in total. The molecular weight excluding hydrogens is 463 g/mol. The van der Waals surface area contributed by atoms with Crippen LogP contribution in [-0.2, 0) is 22.6 Å². The van der Waals surface area contributed by atoms with Crippen LogP contribution in [0.2, 0.25) is 10.0 Å². The van der Waals surface area contributed by atoms with E-state index in [-0.39, 0.29) is 30.8 Å². The lowest BCUT2D eigenvalue weighted by atomic mass is 10.1. The van der Waals surface area contributed by atoms with Crippen LogP contribution in [0.15, 0.2) is 36.4 Å². The summed E-state index contributed by atoms with van der Waals surface area (Å²) in [6, 6.07) is 10.1. The molecule has 33 heavy (non-hydrogen) atoms. The molecule has 2 rings (SSSR count). The number of benzene rings is 2. The molecule has 0 aliphatic carbocycles. The molecule has 0 radical (unpaired) electrons. The lowest BCUT2D eigenvalue weighted by Crippen LogP contribution is -2.50. The molecule has 0 aromatic heterocycles. The van der Waals surface area contributed by atoms with E-state index in [1.165, 1.54) is 0 Å². The molecule has 2 aromatic carbocycles. The van der Waals surface area contributed by atoms with Crippen LogP contribution in [0.4, 0.5) is 0 Å². The molecule has 6 nitrogen and oxygen atoms in total. The van der Waals surface area contributed by atoms with Gasteiger partial charge in [0.2, 0.25) is 11.8 Å². The van der Waals surface area contributed by atoms with Crippen LogP contribution >= 0.6 is 23.2 Å². The molecule has 0 heterocycles. The predicted octanol–water partition coefficient (Wildman–Crippen LogP) is 5.28. The molecule has 0 unspecified atom stereocenters. The zero-order valence-corrected chi connectivity index (χ0v) is 21.3. The summed E-state index contributed by atoms with van der Waals surface area (Å²) in [5, 5.41) is 3.83. The van der Waals surface area contributed by atoms with Crippen LogP contribution in [-0.4, -0.2) is 43.0 Å². The summed E-state index contributed by atoms with van der Waals surface area (Å²) in [5.41, 5.74) is 1.55. The van der Waals surface area contributed by atoms with E-state index >= 15 is 0 Å².